The van der Waals surface area contributed by atoms with Crippen molar-refractivity contribution in [2.75, 3.05) is 33.3 Å². The van der Waals surface area contributed by atoms with E-state index in [1.807, 2.05) is 30.1 Å². The van der Waals surface area contributed by atoms with E-state index < -0.39 is 11.6 Å². The van der Waals surface area contributed by atoms with Crippen molar-refractivity contribution >= 4 is 11.8 Å². The smallest absolute Gasteiger partial charge is 0.254 e. The van der Waals surface area contributed by atoms with Crippen molar-refractivity contribution in [3.63, 3.8) is 0 Å². The molecule has 1 spiro atoms. The van der Waals surface area contributed by atoms with Crippen molar-refractivity contribution in [1.82, 2.24) is 9.80 Å². The van der Waals surface area contributed by atoms with Gasteiger partial charge in [-0.3, -0.25) is 9.59 Å². The van der Waals surface area contributed by atoms with E-state index in [9.17, 15) is 18.4 Å². The third kappa shape index (κ3) is 6.38. The number of hydrogen-bond donors (Lipinski definition) is 0. The second-order valence-corrected chi connectivity index (χ2v) is 9.97. The highest BCUT2D eigenvalue weighted by molar-refractivity contribution is 5.94. The van der Waals surface area contributed by atoms with Crippen molar-refractivity contribution in [2.24, 2.45) is 5.41 Å². The van der Waals surface area contributed by atoms with Gasteiger partial charge in [-0.25, -0.2) is 8.78 Å². The topological polar surface area (TPSA) is 49.9 Å². The van der Waals surface area contributed by atoms with Gasteiger partial charge in [0.2, 0.25) is 5.91 Å². The van der Waals surface area contributed by atoms with Crippen molar-refractivity contribution in [2.45, 2.75) is 51.4 Å². The molecule has 2 aliphatic rings. The van der Waals surface area contributed by atoms with E-state index in [1.54, 1.807) is 4.90 Å². The summed E-state index contributed by atoms with van der Waals surface area (Å²) >= 11 is 0. The molecule has 0 unspecified atom stereocenters. The lowest BCUT2D eigenvalue weighted by atomic mass is 9.73. The number of likely N-dealkylation sites (tertiary alicyclic amines) is 1. The van der Waals surface area contributed by atoms with Gasteiger partial charge < -0.3 is 14.5 Å². The van der Waals surface area contributed by atoms with Gasteiger partial charge in [0.05, 0.1) is 6.61 Å². The van der Waals surface area contributed by atoms with E-state index in [0.717, 1.165) is 62.5 Å². The monoisotopic (exact) mass is 484 g/mol. The maximum absolute atomic E-state index is 13.6. The van der Waals surface area contributed by atoms with Gasteiger partial charge in [0.25, 0.3) is 5.91 Å². The standard InChI is InChI=1S/C28H34F2N2O3/c1-31-20-28(12-14-32(15-13-28)27(34)22-17-23(29)19-24(30)18-22)11-5-4-8-21-7-2-3-9-25(21)35-16-6-10-26(31)33/h2-3,7,9,17-19H,4-6,8,10-16,20H2,1H3. The van der Waals surface area contributed by atoms with Gasteiger partial charge in [0.15, 0.2) is 0 Å². The van der Waals surface area contributed by atoms with Crippen LogP contribution in [0.25, 0.3) is 0 Å². The molecule has 0 N–H and O–H groups in total. The zero-order valence-electron chi connectivity index (χ0n) is 20.4. The summed E-state index contributed by atoms with van der Waals surface area (Å²) in [5, 5.41) is 0. The second-order valence-electron chi connectivity index (χ2n) is 9.97. The molecule has 2 aliphatic heterocycles. The van der Waals surface area contributed by atoms with Crippen molar-refractivity contribution in [3.05, 3.63) is 65.2 Å². The normalized spacial score (nSPS) is 19.6. The number of para-hydroxylation sites is 1. The van der Waals surface area contributed by atoms with E-state index in [4.69, 9.17) is 4.74 Å². The van der Waals surface area contributed by atoms with Gasteiger partial charge >= 0.3 is 0 Å². The summed E-state index contributed by atoms with van der Waals surface area (Å²) < 4.78 is 33.2. The number of hydrogen-bond acceptors (Lipinski definition) is 3. The van der Waals surface area contributed by atoms with E-state index in [0.29, 0.717) is 39.1 Å². The molecule has 0 atom stereocenters. The SMILES string of the molecule is CN1CC2(CCCCc3ccccc3OCCCC1=O)CCN(C(=O)c1cc(F)cc(F)c1)CC2. The average molecular weight is 485 g/mol. The van der Waals surface area contributed by atoms with Crippen LogP contribution in [0.2, 0.25) is 0 Å². The maximum atomic E-state index is 13.6. The summed E-state index contributed by atoms with van der Waals surface area (Å²) in [5.41, 5.74) is 1.16. The van der Waals surface area contributed by atoms with Gasteiger partial charge in [-0.1, -0.05) is 24.6 Å². The van der Waals surface area contributed by atoms with Crippen LogP contribution in [-0.4, -0.2) is 54.9 Å². The first-order valence-electron chi connectivity index (χ1n) is 12.6. The Hall–Kier alpha value is -2.96. The molecule has 4 rings (SSSR count). The molecule has 2 aromatic carbocycles. The van der Waals surface area contributed by atoms with E-state index in [2.05, 4.69) is 6.07 Å². The molecule has 5 nitrogen and oxygen atoms in total. The number of ether oxygens (including phenoxy) is 1. The molecule has 0 aliphatic carbocycles. The highest BCUT2D eigenvalue weighted by Crippen LogP contribution is 2.38. The second kappa shape index (κ2) is 11.2. The van der Waals surface area contributed by atoms with Crippen LogP contribution >= 0.6 is 0 Å². The van der Waals surface area contributed by atoms with Crippen molar-refractivity contribution in [3.8, 4) is 5.75 Å². The molecule has 35 heavy (non-hydrogen) atoms. The van der Waals surface area contributed by atoms with Crippen molar-refractivity contribution in [1.29, 1.82) is 0 Å². The average Bonchev–Trinajstić information content (AvgIpc) is 2.84. The minimum atomic E-state index is -0.750. The molecular formula is C28H34F2N2O3. The first-order valence-corrected chi connectivity index (χ1v) is 12.6. The lowest BCUT2D eigenvalue weighted by molar-refractivity contribution is -0.132. The number of carbonyl (C=O) groups excluding carboxylic acids is 2. The number of piperidine rings is 1. The van der Waals surface area contributed by atoms with Crippen LogP contribution in [0.3, 0.4) is 0 Å². The van der Waals surface area contributed by atoms with Crippen LogP contribution in [0, 0.1) is 17.0 Å². The molecule has 1 fully saturated rings. The number of carbonyl (C=O) groups is 2. The summed E-state index contributed by atoms with van der Waals surface area (Å²) in [6, 6.07) is 11.1. The van der Waals surface area contributed by atoms with Crippen LogP contribution in [-0.2, 0) is 11.2 Å². The number of fused-ring (bicyclic) bond motifs is 1. The molecule has 188 valence electrons. The summed E-state index contributed by atoms with van der Waals surface area (Å²) in [6.45, 7) is 2.19. The minimum Gasteiger partial charge on any atom is -0.493 e. The van der Waals surface area contributed by atoms with E-state index >= 15 is 0 Å². The Morgan fingerprint density at radius 3 is 2.40 bits per heavy atom. The molecule has 0 aromatic heterocycles. The van der Waals surface area contributed by atoms with Gasteiger partial charge in [-0.05, 0) is 67.7 Å². The molecular weight excluding hydrogens is 450 g/mol. The quantitative estimate of drug-likeness (QED) is 0.557. The molecule has 2 amide bonds. The van der Waals surface area contributed by atoms with E-state index in [-0.39, 0.29) is 22.8 Å². The molecule has 7 heteroatoms. The van der Waals surface area contributed by atoms with Crippen LogP contribution in [0.4, 0.5) is 8.78 Å². The number of halogens is 2. The number of rotatable bonds is 1. The lowest BCUT2D eigenvalue weighted by Crippen LogP contribution is -2.48. The van der Waals surface area contributed by atoms with Gasteiger partial charge in [-0.2, -0.15) is 0 Å². The molecule has 1 saturated heterocycles. The Bertz CT molecular complexity index is 1030. The highest BCUT2D eigenvalue weighted by Gasteiger charge is 2.37. The van der Waals surface area contributed by atoms with Crippen LogP contribution < -0.4 is 4.74 Å². The Morgan fingerprint density at radius 2 is 1.66 bits per heavy atom. The van der Waals surface area contributed by atoms with Crippen molar-refractivity contribution < 1.29 is 23.1 Å². The fourth-order valence-corrected chi connectivity index (χ4v) is 5.39. The minimum absolute atomic E-state index is 0.0395. The fraction of sp³-hybridized carbons (Fsp3) is 0.500. The third-order valence-electron chi connectivity index (χ3n) is 7.39. The Balaban J connectivity index is 1.45. The van der Waals surface area contributed by atoms with Crippen LogP contribution in [0.15, 0.2) is 42.5 Å². The molecule has 2 aromatic rings. The Labute approximate surface area is 206 Å². The fourth-order valence-electron chi connectivity index (χ4n) is 5.39. The Morgan fingerprint density at radius 1 is 0.943 bits per heavy atom. The number of amides is 2. The molecule has 0 radical (unpaired) electrons. The summed E-state index contributed by atoms with van der Waals surface area (Å²) in [4.78, 5) is 29.2. The van der Waals surface area contributed by atoms with Gasteiger partial charge in [0.1, 0.15) is 17.4 Å². The number of aryl methyl sites for hydroxylation is 1. The number of nitrogens with zero attached hydrogens (tertiary/aromatic N) is 2. The van der Waals surface area contributed by atoms with Crippen LogP contribution in [0.5, 0.6) is 5.75 Å². The molecule has 2 heterocycles. The highest BCUT2D eigenvalue weighted by atomic mass is 19.1. The first-order chi connectivity index (χ1) is 16.8. The predicted octanol–water partition coefficient (Wildman–Crippen LogP) is 5.23. The number of benzene rings is 2. The molecule has 0 bridgehead atoms. The third-order valence-corrected chi connectivity index (χ3v) is 7.39. The first kappa shape index (κ1) is 25.1. The maximum Gasteiger partial charge on any atom is 0.254 e. The largest absolute Gasteiger partial charge is 0.493 e. The summed E-state index contributed by atoms with van der Waals surface area (Å²) in [7, 11) is 1.86. The lowest BCUT2D eigenvalue weighted by Gasteiger charge is -2.44. The zero-order valence-corrected chi connectivity index (χ0v) is 20.4. The summed E-state index contributed by atoms with van der Waals surface area (Å²) in [6.07, 6.45) is 6.55. The van der Waals surface area contributed by atoms with E-state index in [1.165, 1.54) is 5.56 Å². The molecule has 0 saturated carbocycles. The zero-order chi connectivity index (χ0) is 24.8. The predicted molar refractivity (Wildman–Crippen MR) is 130 cm³/mol. The summed E-state index contributed by atoms with van der Waals surface area (Å²) in [5.74, 6) is -0.840. The van der Waals surface area contributed by atoms with Gasteiger partial charge in [0, 0.05) is 44.7 Å². The van der Waals surface area contributed by atoms with Gasteiger partial charge in [-0.15, -0.1) is 0 Å². The Kier molecular flexibility index (Phi) is 8.04. The van der Waals surface area contributed by atoms with Crippen LogP contribution in [0.1, 0.15) is 60.9 Å².